The summed E-state index contributed by atoms with van der Waals surface area (Å²) in [7, 11) is 0. The summed E-state index contributed by atoms with van der Waals surface area (Å²) < 4.78 is 6.93. The molecule has 0 aliphatic rings. The molecule has 11 rings (SSSR count). The molecule has 57 heavy (non-hydrogen) atoms. The highest BCUT2D eigenvalue weighted by Gasteiger charge is 2.19. The minimum absolute atomic E-state index is 0.592. The van der Waals surface area contributed by atoms with E-state index in [1.807, 2.05) is 24.3 Å². The van der Waals surface area contributed by atoms with Crippen molar-refractivity contribution in [2.45, 2.75) is 13.3 Å². The molecule has 0 aliphatic heterocycles. The van der Waals surface area contributed by atoms with Gasteiger partial charge in [0.2, 0.25) is 0 Å². The van der Waals surface area contributed by atoms with Gasteiger partial charge in [-0.2, -0.15) is 10.5 Å². The fraction of sp³-hybridized carbons (Fsp3) is 0.0385. The van der Waals surface area contributed by atoms with Crippen LogP contribution in [0.4, 0.5) is 0 Å². The number of aromatic nitrogens is 3. The van der Waals surface area contributed by atoms with Crippen LogP contribution in [0.25, 0.3) is 93.6 Å². The molecule has 0 aliphatic carbocycles. The zero-order valence-corrected chi connectivity index (χ0v) is 31.1. The van der Waals surface area contributed by atoms with Gasteiger partial charge in [-0.15, -0.1) is 0 Å². The van der Waals surface area contributed by atoms with Gasteiger partial charge in [0.25, 0.3) is 0 Å². The van der Waals surface area contributed by atoms with Crippen LogP contribution in [0, 0.1) is 22.7 Å². The van der Waals surface area contributed by atoms with Crippen molar-refractivity contribution in [3.63, 3.8) is 0 Å². The van der Waals surface area contributed by atoms with Gasteiger partial charge in [0.05, 0.1) is 56.4 Å². The molecule has 3 aromatic heterocycles. The molecule has 3 heterocycles. The van der Waals surface area contributed by atoms with Gasteiger partial charge in [0, 0.05) is 49.4 Å². The molecular formula is C52H33N5. The quantitative estimate of drug-likeness (QED) is 0.177. The zero-order valence-electron chi connectivity index (χ0n) is 31.1. The maximum Gasteiger partial charge on any atom is 0.0992 e. The van der Waals surface area contributed by atoms with Crippen molar-refractivity contribution in [1.29, 1.82) is 10.5 Å². The van der Waals surface area contributed by atoms with Crippen LogP contribution in [-0.2, 0) is 6.42 Å². The average Bonchev–Trinajstić information content (AvgIpc) is 3.91. The third-order valence-corrected chi connectivity index (χ3v) is 11.6. The molecular weight excluding hydrogens is 695 g/mol. The van der Waals surface area contributed by atoms with Crippen molar-refractivity contribution in [1.82, 2.24) is 13.7 Å². The average molecular weight is 728 g/mol. The number of nitrogens with zero attached hydrogens (tertiary/aromatic N) is 5. The Morgan fingerprint density at radius 1 is 0.368 bits per heavy atom. The van der Waals surface area contributed by atoms with Crippen LogP contribution in [-0.4, -0.2) is 13.7 Å². The number of nitriles is 2. The minimum Gasteiger partial charge on any atom is -0.309 e. The molecule has 5 nitrogen and oxygen atoms in total. The van der Waals surface area contributed by atoms with E-state index in [2.05, 4.69) is 178 Å². The molecule has 266 valence electrons. The molecule has 8 aromatic carbocycles. The maximum atomic E-state index is 10.5. The molecule has 0 fully saturated rings. The van der Waals surface area contributed by atoms with Gasteiger partial charge in [-0.3, -0.25) is 0 Å². The van der Waals surface area contributed by atoms with E-state index < -0.39 is 0 Å². The Morgan fingerprint density at radius 2 is 0.842 bits per heavy atom. The minimum atomic E-state index is 0.592. The first-order valence-corrected chi connectivity index (χ1v) is 19.3. The van der Waals surface area contributed by atoms with Crippen molar-refractivity contribution in [3.8, 4) is 40.3 Å². The Kier molecular flexibility index (Phi) is 7.20. The van der Waals surface area contributed by atoms with E-state index in [-0.39, 0.29) is 0 Å². The van der Waals surface area contributed by atoms with E-state index in [1.54, 1.807) is 0 Å². The van der Waals surface area contributed by atoms with Crippen LogP contribution < -0.4 is 0 Å². The van der Waals surface area contributed by atoms with Gasteiger partial charge >= 0.3 is 0 Å². The molecule has 0 unspecified atom stereocenters. The molecule has 0 bridgehead atoms. The maximum absolute atomic E-state index is 10.5. The van der Waals surface area contributed by atoms with Gasteiger partial charge in [-0.05, 0) is 108 Å². The summed E-state index contributed by atoms with van der Waals surface area (Å²) in [4.78, 5) is 0. The summed E-state index contributed by atoms with van der Waals surface area (Å²) in [6, 6.07) is 64.6. The number of rotatable bonds is 5. The van der Waals surface area contributed by atoms with Gasteiger partial charge in [-0.1, -0.05) is 91.9 Å². The highest BCUT2D eigenvalue weighted by molar-refractivity contribution is 6.13. The smallest absolute Gasteiger partial charge is 0.0992 e. The zero-order chi connectivity index (χ0) is 38.2. The molecule has 0 spiro atoms. The lowest BCUT2D eigenvalue weighted by atomic mass is 9.98. The molecule has 0 atom stereocenters. The summed E-state index contributed by atoms with van der Waals surface area (Å²) in [5.74, 6) is 0. The predicted molar refractivity (Wildman–Crippen MR) is 234 cm³/mol. The number of para-hydroxylation sites is 4. The Balaban J connectivity index is 1.12. The summed E-state index contributed by atoms with van der Waals surface area (Å²) in [5.41, 5.74) is 14.0. The van der Waals surface area contributed by atoms with E-state index in [9.17, 15) is 10.5 Å². The van der Waals surface area contributed by atoms with E-state index in [4.69, 9.17) is 0 Å². The van der Waals surface area contributed by atoms with Crippen LogP contribution in [0.15, 0.2) is 170 Å². The van der Waals surface area contributed by atoms with Crippen LogP contribution in [0.2, 0.25) is 0 Å². The lowest BCUT2D eigenvalue weighted by Crippen LogP contribution is -1.99. The fourth-order valence-electron chi connectivity index (χ4n) is 9.04. The first-order valence-electron chi connectivity index (χ1n) is 19.3. The number of benzene rings is 8. The standard InChI is InChI=1S/C52H33N5/c1-2-33-23-36(28-39(25-33)57-49-17-9-5-13-43(49)45-21-19-34(31-53)27-52(45)57)37-24-35(32-54)26-40(29-37)56-50-18-10-6-14-44(50)46-30-38(20-22-51(46)56)55-47-15-7-3-11-41(47)42-12-4-8-16-48(42)55/h3-30H,2H2,1H3. The van der Waals surface area contributed by atoms with Crippen LogP contribution in [0.1, 0.15) is 23.6 Å². The Hall–Kier alpha value is -7.86. The largest absolute Gasteiger partial charge is 0.309 e. The third-order valence-electron chi connectivity index (χ3n) is 11.6. The molecule has 0 radical (unpaired) electrons. The Labute approximate surface area is 328 Å². The van der Waals surface area contributed by atoms with E-state index in [0.29, 0.717) is 11.1 Å². The van der Waals surface area contributed by atoms with Crippen molar-refractivity contribution < 1.29 is 0 Å². The van der Waals surface area contributed by atoms with Gasteiger partial charge in [0.15, 0.2) is 0 Å². The monoisotopic (exact) mass is 727 g/mol. The molecule has 0 N–H and O–H groups in total. The normalized spacial score (nSPS) is 11.6. The van der Waals surface area contributed by atoms with E-state index in [1.165, 1.54) is 27.4 Å². The Bertz CT molecular complexity index is 3490. The first kappa shape index (κ1) is 32.6. The first-order chi connectivity index (χ1) is 28.1. The van der Waals surface area contributed by atoms with Crippen molar-refractivity contribution in [2.24, 2.45) is 0 Å². The highest BCUT2D eigenvalue weighted by atomic mass is 15.0. The van der Waals surface area contributed by atoms with Crippen LogP contribution in [0.3, 0.4) is 0 Å². The van der Waals surface area contributed by atoms with Gasteiger partial charge in [0.1, 0.15) is 0 Å². The predicted octanol–water partition coefficient (Wildman–Crippen LogP) is 13.0. The molecule has 5 heteroatoms. The van der Waals surface area contributed by atoms with E-state index in [0.717, 1.165) is 78.2 Å². The molecule has 0 amide bonds. The second-order valence-corrected chi connectivity index (χ2v) is 14.7. The molecule has 11 aromatic rings. The second-order valence-electron chi connectivity index (χ2n) is 14.7. The van der Waals surface area contributed by atoms with Crippen LogP contribution in [0.5, 0.6) is 0 Å². The van der Waals surface area contributed by atoms with Crippen molar-refractivity contribution in [3.05, 3.63) is 187 Å². The number of hydrogen-bond acceptors (Lipinski definition) is 2. The lowest BCUT2D eigenvalue weighted by Gasteiger charge is -2.15. The molecule has 0 saturated carbocycles. The third kappa shape index (κ3) is 4.93. The summed E-state index contributed by atoms with van der Waals surface area (Å²) >= 11 is 0. The number of fused-ring (bicyclic) bond motifs is 9. The lowest BCUT2D eigenvalue weighted by molar-refractivity contribution is 1.11. The van der Waals surface area contributed by atoms with Gasteiger partial charge < -0.3 is 13.7 Å². The fourth-order valence-corrected chi connectivity index (χ4v) is 9.04. The van der Waals surface area contributed by atoms with Gasteiger partial charge in [-0.25, -0.2) is 0 Å². The van der Waals surface area contributed by atoms with Crippen molar-refractivity contribution in [2.75, 3.05) is 0 Å². The van der Waals surface area contributed by atoms with Crippen LogP contribution >= 0.6 is 0 Å². The second kappa shape index (κ2) is 12.6. The summed E-state index contributed by atoms with van der Waals surface area (Å²) in [6.45, 7) is 2.17. The van der Waals surface area contributed by atoms with E-state index >= 15 is 0 Å². The number of hydrogen-bond donors (Lipinski definition) is 0. The summed E-state index contributed by atoms with van der Waals surface area (Å²) in [6.07, 6.45) is 0.841. The van der Waals surface area contributed by atoms with Crippen molar-refractivity contribution >= 4 is 65.4 Å². The topological polar surface area (TPSA) is 62.4 Å². The number of aryl methyl sites for hydroxylation is 1. The molecule has 0 saturated heterocycles. The summed E-state index contributed by atoms with van der Waals surface area (Å²) in [5, 5.41) is 27.3. The highest BCUT2D eigenvalue weighted by Crippen LogP contribution is 2.39. The Morgan fingerprint density at radius 3 is 1.42 bits per heavy atom. The SMILES string of the molecule is CCc1cc(-c2cc(C#N)cc(-n3c4ccccc4c4cc(-n5c6ccccc6c6ccccc65)ccc43)c2)cc(-n2c3ccccc3c3ccc(C#N)cc32)c1.